The predicted molar refractivity (Wildman–Crippen MR) is 63.6 cm³/mol. The minimum Gasteiger partial charge on any atom is -0.497 e. The van der Waals surface area contributed by atoms with Gasteiger partial charge in [-0.3, -0.25) is 0 Å². The summed E-state index contributed by atoms with van der Waals surface area (Å²) in [7, 11) is 1.71. The molecule has 1 fully saturated rings. The van der Waals surface area contributed by atoms with Gasteiger partial charge in [-0.15, -0.1) is 11.6 Å². The molecule has 0 aliphatic heterocycles. The monoisotopic (exact) mass is 224 g/mol. The van der Waals surface area contributed by atoms with Crippen LogP contribution in [0.4, 0.5) is 0 Å². The van der Waals surface area contributed by atoms with Crippen LogP contribution in [0, 0.1) is 11.8 Å². The van der Waals surface area contributed by atoms with Crippen molar-refractivity contribution in [2.45, 2.75) is 19.3 Å². The van der Waals surface area contributed by atoms with Crippen LogP contribution in [-0.4, -0.2) is 13.0 Å². The standard InChI is InChI=1S/C13H17ClO/c1-15-13-4-2-3-10(8-13)7-12(9-14)11-5-6-11/h2-4,8,11-12H,5-7,9H2,1H3. The van der Waals surface area contributed by atoms with Crippen LogP contribution in [0.15, 0.2) is 24.3 Å². The Hall–Kier alpha value is -0.690. The largest absolute Gasteiger partial charge is 0.497 e. The van der Waals surface area contributed by atoms with Crippen molar-refractivity contribution in [1.29, 1.82) is 0 Å². The second-order valence-electron chi connectivity index (χ2n) is 4.31. The zero-order valence-corrected chi connectivity index (χ0v) is 9.83. The first-order valence-electron chi connectivity index (χ1n) is 5.52. The van der Waals surface area contributed by atoms with E-state index in [1.807, 2.05) is 12.1 Å². The van der Waals surface area contributed by atoms with E-state index in [9.17, 15) is 0 Å². The third-order valence-electron chi connectivity index (χ3n) is 3.12. The lowest BCUT2D eigenvalue weighted by molar-refractivity contribution is 0.413. The van der Waals surface area contributed by atoms with Crippen molar-refractivity contribution in [2.75, 3.05) is 13.0 Å². The van der Waals surface area contributed by atoms with Crippen LogP contribution in [0.1, 0.15) is 18.4 Å². The van der Waals surface area contributed by atoms with Gasteiger partial charge in [-0.25, -0.2) is 0 Å². The Kier molecular flexibility index (Phi) is 3.53. The summed E-state index contributed by atoms with van der Waals surface area (Å²) in [4.78, 5) is 0. The summed E-state index contributed by atoms with van der Waals surface area (Å²) in [5.74, 6) is 3.24. The van der Waals surface area contributed by atoms with E-state index in [0.29, 0.717) is 5.92 Å². The molecule has 1 aliphatic rings. The molecule has 1 unspecified atom stereocenters. The first kappa shape index (κ1) is 10.8. The lowest BCUT2D eigenvalue weighted by atomic mass is 9.96. The highest BCUT2D eigenvalue weighted by Gasteiger charge is 2.30. The Balaban J connectivity index is 2.01. The molecular formula is C13H17ClO. The molecule has 0 saturated heterocycles. The van der Waals surface area contributed by atoms with Gasteiger partial charge in [0.2, 0.25) is 0 Å². The average Bonchev–Trinajstić information content (AvgIpc) is 3.10. The smallest absolute Gasteiger partial charge is 0.119 e. The average molecular weight is 225 g/mol. The van der Waals surface area contributed by atoms with Gasteiger partial charge in [-0.05, 0) is 48.8 Å². The van der Waals surface area contributed by atoms with E-state index in [1.54, 1.807) is 7.11 Å². The van der Waals surface area contributed by atoms with E-state index in [0.717, 1.165) is 24.0 Å². The lowest BCUT2D eigenvalue weighted by Crippen LogP contribution is -2.08. The molecule has 2 heteroatoms. The van der Waals surface area contributed by atoms with Gasteiger partial charge in [0.1, 0.15) is 5.75 Å². The van der Waals surface area contributed by atoms with Crippen LogP contribution in [-0.2, 0) is 6.42 Å². The van der Waals surface area contributed by atoms with Crippen LogP contribution >= 0.6 is 11.6 Å². The second kappa shape index (κ2) is 4.89. The Labute approximate surface area is 96.4 Å². The third kappa shape index (κ3) is 2.88. The van der Waals surface area contributed by atoms with Gasteiger partial charge in [0.15, 0.2) is 0 Å². The van der Waals surface area contributed by atoms with E-state index < -0.39 is 0 Å². The molecule has 1 saturated carbocycles. The van der Waals surface area contributed by atoms with Gasteiger partial charge in [-0.2, -0.15) is 0 Å². The molecule has 1 atom stereocenters. The van der Waals surface area contributed by atoms with E-state index >= 15 is 0 Å². The molecule has 0 bridgehead atoms. The SMILES string of the molecule is COc1cccc(CC(CCl)C2CC2)c1. The van der Waals surface area contributed by atoms with E-state index in [4.69, 9.17) is 16.3 Å². The zero-order valence-electron chi connectivity index (χ0n) is 9.08. The Bertz CT molecular complexity index is 320. The summed E-state index contributed by atoms with van der Waals surface area (Å²) in [6.07, 6.45) is 3.81. The highest BCUT2D eigenvalue weighted by Crippen LogP contribution is 2.39. The lowest BCUT2D eigenvalue weighted by Gasteiger charge is -2.13. The maximum Gasteiger partial charge on any atom is 0.119 e. The maximum absolute atomic E-state index is 5.99. The Morgan fingerprint density at radius 3 is 2.87 bits per heavy atom. The molecule has 0 radical (unpaired) electrons. The first-order chi connectivity index (χ1) is 7.33. The normalized spacial score (nSPS) is 17.5. The highest BCUT2D eigenvalue weighted by atomic mass is 35.5. The molecule has 1 aromatic rings. The zero-order chi connectivity index (χ0) is 10.7. The summed E-state index contributed by atoms with van der Waals surface area (Å²) in [5.41, 5.74) is 1.34. The van der Waals surface area contributed by atoms with Crippen LogP contribution in [0.25, 0.3) is 0 Å². The number of alkyl halides is 1. The quantitative estimate of drug-likeness (QED) is 0.696. The van der Waals surface area contributed by atoms with Crippen molar-refractivity contribution in [3.05, 3.63) is 29.8 Å². The molecular weight excluding hydrogens is 208 g/mol. The summed E-state index contributed by atoms with van der Waals surface area (Å²) in [6.45, 7) is 0. The van der Waals surface area contributed by atoms with Crippen molar-refractivity contribution in [3.63, 3.8) is 0 Å². The molecule has 1 aliphatic carbocycles. The fourth-order valence-electron chi connectivity index (χ4n) is 2.02. The van der Waals surface area contributed by atoms with E-state index in [1.165, 1.54) is 18.4 Å². The third-order valence-corrected chi connectivity index (χ3v) is 3.52. The maximum atomic E-state index is 5.99. The van der Waals surface area contributed by atoms with Crippen molar-refractivity contribution in [3.8, 4) is 5.75 Å². The van der Waals surface area contributed by atoms with Crippen molar-refractivity contribution in [2.24, 2.45) is 11.8 Å². The van der Waals surface area contributed by atoms with Crippen LogP contribution in [0.2, 0.25) is 0 Å². The van der Waals surface area contributed by atoms with Gasteiger partial charge in [0.25, 0.3) is 0 Å². The van der Waals surface area contributed by atoms with Crippen LogP contribution < -0.4 is 4.74 Å². The van der Waals surface area contributed by atoms with Crippen LogP contribution in [0.3, 0.4) is 0 Å². The van der Waals surface area contributed by atoms with Crippen molar-refractivity contribution < 1.29 is 4.74 Å². The topological polar surface area (TPSA) is 9.23 Å². The highest BCUT2D eigenvalue weighted by molar-refractivity contribution is 6.18. The summed E-state index contributed by atoms with van der Waals surface area (Å²) in [5, 5.41) is 0. The molecule has 2 rings (SSSR count). The fourth-order valence-corrected chi connectivity index (χ4v) is 2.38. The fraction of sp³-hybridized carbons (Fsp3) is 0.538. The number of halogens is 1. The van der Waals surface area contributed by atoms with Gasteiger partial charge >= 0.3 is 0 Å². The second-order valence-corrected chi connectivity index (χ2v) is 4.62. The van der Waals surface area contributed by atoms with E-state index in [-0.39, 0.29) is 0 Å². The molecule has 15 heavy (non-hydrogen) atoms. The molecule has 1 nitrogen and oxygen atoms in total. The minimum absolute atomic E-state index is 0.652. The Morgan fingerprint density at radius 2 is 2.27 bits per heavy atom. The number of ether oxygens (including phenoxy) is 1. The number of benzene rings is 1. The summed E-state index contributed by atoms with van der Waals surface area (Å²) >= 11 is 5.99. The summed E-state index contributed by atoms with van der Waals surface area (Å²) in [6, 6.07) is 8.30. The van der Waals surface area contributed by atoms with Gasteiger partial charge < -0.3 is 4.74 Å². The minimum atomic E-state index is 0.652. The number of rotatable bonds is 5. The number of hydrogen-bond donors (Lipinski definition) is 0. The molecule has 0 aromatic heterocycles. The van der Waals surface area contributed by atoms with Gasteiger partial charge in [0.05, 0.1) is 7.11 Å². The number of methoxy groups -OCH3 is 1. The van der Waals surface area contributed by atoms with Crippen molar-refractivity contribution in [1.82, 2.24) is 0 Å². The van der Waals surface area contributed by atoms with Crippen molar-refractivity contribution >= 4 is 11.6 Å². The predicted octanol–water partition coefficient (Wildman–Crippen LogP) is 3.50. The Morgan fingerprint density at radius 1 is 1.47 bits per heavy atom. The molecule has 1 aromatic carbocycles. The molecule has 0 heterocycles. The van der Waals surface area contributed by atoms with Gasteiger partial charge in [0, 0.05) is 5.88 Å². The number of hydrogen-bond acceptors (Lipinski definition) is 1. The molecule has 0 amide bonds. The molecule has 0 N–H and O–H groups in total. The summed E-state index contributed by atoms with van der Waals surface area (Å²) < 4.78 is 5.21. The van der Waals surface area contributed by atoms with E-state index in [2.05, 4.69) is 12.1 Å². The first-order valence-corrected chi connectivity index (χ1v) is 6.06. The van der Waals surface area contributed by atoms with Gasteiger partial charge in [-0.1, -0.05) is 12.1 Å². The molecule has 0 spiro atoms. The van der Waals surface area contributed by atoms with Crippen LogP contribution in [0.5, 0.6) is 5.75 Å². The molecule has 82 valence electrons.